The Labute approximate surface area is 220 Å². The van der Waals surface area contributed by atoms with E-state index in [0.29, 0.717) is 18.6 Å². The summed E-state index contributed by atoms with van der Waals surface area (Å²) in [5.41, 5.74) is 0.317. The summed E-state index contributed by atoms with van der Waals surface area (Å²) in [4.78, 5) is 33.8. The maximum Gasteiger partial charge on any atom is 0.472 e. The molecule has 0 bridgehead atoms. The van der Waals surface area contributed by atoms with Gasteiger partial charge in [-0.1, -0.05) is 6.08 Å². The van der Waals surface area contributed by atoms with Gasteiger partial charge in [-0.25, -0.2) is 4.57 Å². The molecule has 2 N–H and O–H groups in total. The smallest absolute Gasteiger partial charge is 0.373 e. The summed E-state index contributed by atoms with van der Waals surface area (Å²) in [6.07, 6.45) is -2.19. The highest BCUT2D eigenvalue weighted by Crippen LogP contribution is 2.51. The molecule has 0 aromatic carbocycles. The fourth-order valence-corrected chi connectivity index (χ4v) is 6.58. The maximum absolute atomic E-state index is 13.2. The molecule has 2 fully saturated rings. The van der Waals surface area contributed by atoms with Crippen LogP contribution in [0.2, 0.25) is 0 Å². The van der Waals surface area contributed by atoms with Gasteiger partial charge in [0.2, 0.25) is 5.91 Å². The third-order valence-corrected chi connectivity index (χ3v) is 9.72. The van der Waals surface area contributed by atoms with Gasteiger partial charge in [-0.2, -0.15) is 0 Å². The fourth-order valence-electron chi connectivity index (χ4n) is 4.13. The minimum absolute atomic E-state index is 0.0342. The van der Waals surface area contributed by atoms with E-state index in [1.807, 2.05) is 0 Å². The molecule has 38 heavy (non-hydrogen) atoms. The van der Waals surface area contributed by atoms with E-state index in [2.05, 4.69) is 9.84 Å². The molecular formula is C20H34NO14P3. The van der Waals surface area contributed by atoms with Crippen molar-refractivity contribution in [2.45, 2.75) is 50.3 Å². The third kappa shape index (κ3) is 8.60. The van der Waals surface area contributed by atoms with Crippen LogP contribution in [0.25, 0.3) is 0 Å². The van der Waals surface area contributed by atoms with Gasteiger partial charge in [0, 0.05) is 52.6 Å². The summed E-state index contributed by atoms with van der Waals surface area (Å²) in [5.74, 6) is -1.97. The molecule has 18 heteroatoms. The van der Waals surface area contributed by atoms with Crippen LogP contribution >= 0.6 is 23.0 Å². The normalized spacial score (nSPS) is 34.7. The van der Waals surface area contributed by atoms with Gasteiger partial charge in [-0.3, -0.25) is 33.1 Å². The van der Waals surface area contributed by atoms with Gasteiger partial charge < -0.3 is 32.5 Å². The zero-order chi connectivity index (χ0) is 28.3. The SMILES string of the molecule is COP(C)(=O)O[C@@H]1CCO[C@@H]1COP(C)(=O)O[C@@H]1C[C@H](C2C=C(C)C(=O)NC2=O)O[C@@H]1COP(=O)(O)OC. The number of hydrogen-bond acceptors (Lipinski definition) is 13. The molecule has 15 nitrogen and oxygen atoms in total. The number of ether oxygens (including phenoxy) is 2. The van der Waals surface area contributed by atoms with Crippen LogP contribution in [0.1, 0.15) is 19.8 Å². The third-order valence-electron chi connectivity index (χ3n) is 6.20. The first kappa shape index (κ1) is 31.7. The Morgan fingerprint density at radius 3 is 2.32 bits per heavy atom. The monoisotopic (exact) mass is 605 g/mol. The van der Waals surface area contributed by atoms with Crippen LogP contribution in [0.4, 0.5) is 0 Å². The second-order valence-corrected chi connectivity index (χ2v) is 14.8. The van der Waals surface area contributed by atoms with Crippen molar-refractivity contribution in [2.75, 3.05) is 47.4 Å². The van der Waals surface area contributed by atoms with Gasteiger partial charge >= 0.3 is 23.0 Å². The second kappa shape index (κ2) is 12.8. The highest BCUT2D eigenvalue weighted by atomic mass is 31.2. The zero-order valence-electron chi connectivity index (χ0n) is 21.7. The summed E-state index contributed by atoms with van der Waals surface area (Å²) in [5, 5.41) is 2.24. The van der Waals surface area contributed by atoms with Crippen LogP contribution in [0, 0.1) is 5.92 Å². The number of nitrogens with one attached hydrogen (secondary N) is 1. The van der Waals surface area contributed by atoms with E-state index in [9.17, 15) is 28.2 Å². The lowest BCUT2D eigenvalue weighted by atomic mass is 9.93. The van der Waals surface area contributed by atoms with Crippen LogP contribution in [-0.4, -0.2) is 94.6 Å². The maximum atomic E-state index is 13.2. The van der Waals surface area contributed by atoms with Gasteiger partial charge in [0.15, 0.2) is 0 Å². The van der Waals surface area contributed by atoms with E-state index >= 15 is 0 Å². The molecule has 0 spiro atoms. The molecular weight excluding hydrogens is 571 g/mol. The van der Waals surface area contributed by atoms with Crippen molar-refractivity contribution in [3.05, 3.63) is 11.6 Å². The summed E-state index contributed by atoms with van der Waals surface area (Å²) in [6, 6.07) is 0. The summed E-state index contributed by atoms with van der Waals surface area (Å²) in [6.45, 7) is 3.72. The highest BCUT2D eigenvalue weighted by Gasteiger charge is 2.46. The Morgan fingerprint density at radius 2 is 1.66 bits per heavy atom. The predicted molar refractivity (Wildman–Crippen MR) is 131 cm³/mol. The minimum atomic E-state index is -4.38. The van der Waals surface area contributed by atoms with Crippen molar-refractivity contribution in [3.63, 3.8) is 0 Å². The van der Waals surface area contributed by atoms with E-state index in [1.54, 1.807) is 6.92 Å². The Kier molecular flexibility index (Phi) is 10.7. The van der Waals surface area contributed by atoms with Crippen molar-refractivity contribution < 1.29 is 64.8 Å². The first-order valence-electron chi connectivity index (χ1n) is 11.7. The van der Waals surface area contributed by atoms with Crippen LogP contribution in [-0.2, 0) is 59.9 Å². The number of carbonyl (C=O) groups excluding carboxylic acids is 2. The van der Waals surface area contributed by atoms with Gasteiger partial charge in [0.1, 0.15) is 12.2 Å². The standard InChI is InChI=1S/C20H34NO14P3/c1-12-8-13(20(23)21-19(12)22)15-9-16(18(33-15)11-32-38(26,27)29-3)35-37(5,25)31-10-17-14(6-7-30-17)34-36(4,24)28-2/h8,13-18H,6-7,9-11H2,1-5H3,(H,26,27)(H,21,22,23)/t13?,14-,15-,16-,17-,18-,36?,37?/m1/s1. The van der Waals surface area contributed by atoms with Crippen molar-refractivity contribution >= 4 is 34.8 Å². The molecule has 0 aromatic rings. The quantitative estimate of drug-likeness (QED) is 0.229. The number of amides is 2. The summed E-state index contributed by atoms with van der Waals surface area (Å²) < 4.78 is 79.7. The number of phosphoric ester groups is 1. The molecule has 3 rings (SSSR count). The molecule has 3 heterocycles. The summed E-state index contributed by atoms with van der Waals surface area (Å²) in [7, 11) is -9.21. The van der Waals surface area contributed by atoms with Gasteiger partial charge in [0.25, 0.3) is 5.91 Å². The molecule has 218 valence electrons. The predicted octanol–water partition coefficient (Wildman–Crippen LogP) is 1.99. The van der Waals surface area contributed by atoms with E-state index in [-0.39, 0.29) is 13.0 Å². The topological polar surface area (TPSA) is 191 Å². The van der Waals surface area contributed by atoms with Crippen LogP contribution < -0.4 is 5.32 Å². The van der Waals surface area contributed by atoms with Gasteiger partial charge in [-0.05, 0) is 6.92 Å². The molecule has 3 aliphatic heterocycles. The molecule has 2 saturated heterocycles. The first-order chi connectivity index (χ1) is 17.6. The number of imide groups is 1. The number of carbonyl (C=O) groups is 2. The van der Waals surface area contributed by atoms with E-state index in [4.69, 9.17) is 32.1 Å². The average Bonchev–Trinajstić information content (AvgIpc) is 3.44. The number of rotatable bonds is 13. The summed E-state index contributed by atoms with van der Waals surface area (Å²) >= 11 is 0. The van der Waals surface area contributed by atoms with E-state index in [0.717, 1.165) is 7.11 Å². The number of hydrogen-bond donors (Lipinski definition) is 2. The van der Waals surface area contributed by atoms with Crippen molar-refractivity contribution in [3.8, 4) is 0 Å². The van der Waals surface area contributed by atoms with E-state index in [1.165, 1.54) is 26.5 Å². The molecule has 9 atom stereocenters. The first-order valence-corrected chi connectivity index (χ1v) is 17.2. The molecule has 0 aliphatic carbocycles. The van der Waals surface area contributed by atoms with Crippen LogP contribution in [0.3, 0.4) is 0 Å². The fraction of sp³-hybridized carbons (Fsp3) is 0.800. The Bertz CT molecular complexity index is 1070. The average molecular weight is 605 g/mol. The lowest BCUT2D eigenvalue weighted by Gasteiger charge is -2.25. The van der Waals surface area contributed by atoms with Crippen molar-refractivity contribution in [1.29, 1.82) is 0 Å². The van der Waals surface area contributed by atoms with Crippen molar-refractivity contribution in [1.82, 2.24) is 5.32 Å². The molecule has 2 amide bonds. The molecule has 4 unspecified atom stereocenters. The Hall–Kier alpha value is -0.790. The Balaban J connectivity index is 1.68. The highest BCUT2D eigenvalue weighted by molar-refractivity contribution is 7.53. The van der Waals surface area contributed by atoms with Crippen molar-refractivity contribution in [2.24, 2.45) is 5.92 Å². The minimum Gasteiger partial charge on any atom is -0.373 e. The van der Waals surface area contributed by atoms with Crippen LogP contribution in [0.15, 0.2) is 11.6 Å². The molecule has 0 radical (unpaired) electrons. The van der Waals surface area contributed by atoms with E-state index < -0.39 is 77.9 Å². The largest absolute Gasteiger partial charge is 0.472 e. The molecule has 0 saturated carbocycles. The second-order valence-electron chi connectivity index (χ2n) is 9.10. The molecule has 3 aliphatic rings. The molecule has 0 aromatic heterocycles. The lowest BCUT2D eigenvalue weighted by Crippen LogP contribution is -2.44. The van der Waals surface area contributed by atoms with Crippen LogP contribution in [0.5, 0.6) is 0 Å². The zero-order valence-corrected chi connectivity index (χ0v) is 24.4. The van der Waals surface area contributed by atoms with Gasteiger partial charge in [0.05, 0.1) is 37.4 Å². The van der Waals surface area contributed by atoms with Gasteiger partial charge in [-0.15, -0.1) is 0 Å². The number of phosphoric acid groups is 1. The lowest BCUT2D eigenvalue weighted by molar-refractivity contribution is -0.134. The Morgan fingerprint density at radius 1 is 1.00 bits per heavy atom.